The molecule has 0 atom stereocenters. The smallest absolute Gasteiger partial charge is 0.131 e. The second-order valence-corrected chi connectivity index (χ2v) is 6.01. The minimum Gasteiger partial charge on any atom is -0.497 e. The molecule has 0 unspecified atom stereocenters. The third kappa shape index (κ3) is 3.66. The van der Waals surface area contributed by atoms with Gasteiger partial charge in [0, 0.05) is 27.6 Å². The van der Waals surface area contributed by atoms with Gasteiger partial charge in [-0.05, 0) is 36.4 Å². The quantitative estimate of drug-likeness (QED) is 0.667. The molecular formula is C19H17NO2S. The fourth-order valence-corrected chi connectivity index (χ4v) is 3.12. The minimum atomic E-state index is 0.749. The van der Waals surface area contributed by atoms with Crippen molar-refractivity contribution in [3.8, 4) is 22.8 Å². The maximum Gasteiger partial charge on any atom is 0.131 e. The van der Waals surface area contributed by atoms with Gasteiger partial charge < -0.3 is 9.47 Å². The first-order chi connectivity index (χ1) is 11.3. The van der Waals surface area contributed by atoms with Crippen LogP contribution in [0.2, 0.25) is 0 Å². The number of aromatic nitrogens is 1. The van der Waals surface area contributed by atoms with Crippen molar-refractivity contribution in [1.29, 1.82) is 0 Å². The molecule has 0 aliphatic heterocycles. The van der Waals surface area contributed by atoms with Crippen LogP contribution in [-0.2, 0) is 0 Å². The first kappa shape index (κ1) is 15.4. The van der Waals surface area contributed by atoms with Crippen LogP contribution in [0, 0.1) is 0 Å². The number of hydrogen-bond acceptors (Lipinski definition) is 4. The molecule has 1 heterocycles. The zero-order valence-electron chi connectivity index (χ0n) is 13.0. The Kier molecular flexibility index (Phi) is 4.83. The van der Waals surface area contributed by atoms with E-state index >= 15 is 0 Å². The SMILES string of the molecule is COc1ccc(-c2cc(Sc3ccccc3)ccn2)c(OC)c1. The lowest BCUT2D eigenvalue weighted by atomic mass is 10.1. The van der Waals surface area contributed by atoms with Gasteiger partial charge in [0.15, 0.2) is 0 Å². The average molecular weight is 323 g/mol. The largest absolute Gasteiger partial charge is 0.497 e. The van der Waals surface area contributed by atoms with Crippen molar-refractivity contribution in [2.45, 2.75) is 9.79 Å². The molecule has 3 nitrogen and oxygen atoms in total. The van der Waals surface area contributed by atoms with Gasteiger partial charge in [-0.1, -0.05) is 30.0 Å². The molecule has 0 fully saturated rings. The summed E-state index contributed by atoms with van der Waals surface area (Å²) < 4.78 is 10.7. The van der Waals surface area contributed by atoms with Crippen molar-refractivity contribution in [2.75, 3.05) is 14.2 Å². The van der Waals surface area contributed by atoms with Gasteiger partial charge in [0.05, 0.1) is 19.9 Å². The molecule has 2 aromatic carbocycles. The number of nitrogens with zero attached hydrogens (tertiary/aromatic N) is 1. The van der Waals surface area contributed by atoms with Gasteiger partial charge in [0.1, 0.15) is 11.5 Å². The average Bonchev–Trinajstić information content (AvgIpc) is 2.62. The highest BCUT2D eigenvalue weighted by molar-refractivity contribution is 7.99. The predicted molar refractivity (Wildman–Crippen MR) is 93.3 cm³/mol. The van der Waals surface area contributed by atoms with E-state index in [-0.39, 0.29) is 0 Å². The maximum absolute atomic E-state index is 5.47. The van der Waals surface area contributed by atoms with E-state index in [0.29, 0.717) is 0 Å². The van der Waals surface area contributed by atoms with E-state index < -0.39 is 0 Å². The van der Waals surface area contributed by atoms with E-state index in [1.807, 2.05) is 48.7 Å². The summed E-state index contributed by atoms with van der Waals surface area (Å²) in [5.41, 5.74) is 1.83. The molecular weight excluding hydrogens is 306 g/mol. The van der Waals surface area contributed by atoms with Crippen molar-refractivity contribution in [2.24, 2.45) is 0 Å². The Balaban J connectivity index is 1.93. The molecule has 0 radical (unpaired) electrons. The standard InChI is InChI=1S/C19H17NO2S/c1-21-14-8-9-17(19(12-14)22-2)18-13-16(10-11-20-18)23-15-6-4-3-5-7-15/h3-13H,1-2H3. The Morgan fingerprint density at radius 3 is 2.39 bits per heavy atom. The van der Waals surface area contributed by atoms with Crippen LogP contribution < -0.4 is 9.47 Å². The highest BCUT2D eigenvalue weighted by Crippen LogP contribution is 2.35. The Hall–Kier alpha value is -2.46. The summed E-state index contributed by atoms with van der Waals surface area (Å²) in [7, 11) is 3.30. The fourth-order valence-electron chi connectivity index (χ4n) is 2.26. The summed E-state index contributed by atoms with van der Waals surface area (Å²) in [6.07, 6.45) is 1.82. The van der Waals surface area contributed by atoms with Crippen molar-refractivity contribution < 1.29 is 9.47 Å². The van der Waals surface area contributed by atoms with Crippen LogP contribution in [0.15, 0.2) is 76.7 Å². The van der Waals surface area contributed by atoms with E-state index in [0.717, 1.165) is 27.7 Å². The Labute approximate surface area is 140 Å². The molecule has 0 amide bonds. The number of ether oxygens (including phenoxy) is 2. The predicted octanol–water partition coefficient (Wildman–Crippen LogP) is 4.92. The van der Waals surface area contributed by atoms with E-state index in [9.17, 15) is 0 Å². The Morgan fingerprint density at radius 1 is 0.826 bits per heavy atom. The van der Waals surface area contributed by atoms with Crippen LogP contribution in [0.3, 0.4) is 0 Å². The third-order valence-corrected chi connectivity index (χ3v) is 4.39. The lowest BCUT2D eigenvalue weighted by molar-refractivity contribution is 0.395. The number of rotatable bonds is 5. The van der Waals surface area contributed by atoms with Crippen molar-refractivity contribution in [3.63, 3.8) is 0 Å². The van der Waals surface area contributed by atoms with Gasteiger partial charge in [0.25, 0.3) is 0 Å². The van der Waals surface area contributed by atoms with Crippen molar-refractivity contribution >= 4 is 11.8 Å². The highest BCUT2D eigenvalue weighted by Gasteiger charge is 2.10. The van der Waals surface area contributed by atoms with Crippen LogP contribution in [0.25, 0.3) is 11.3 Å². The van der Waals surface area contributed by atoms with Gasteiger partial charge in [-0.3, -0.25) is 4.98 Å². The molecule has 0 N–H and O–H groups in total. The van der Waals surface area contributed by atoms with Crippen LogP contribution in [0.4, 0.5) is 0 Å². The molecule has 3 rings (SSSR count). The van der Waals surface area contributed by atoms with Gasteiger partial charge in [0.2, 0.25) is 0 Å². The molecule has 0 bridgehead atoms. The molecule has 23 heavy (non-hydrogen) atoms. The summed E-state index contributed by atoms with van der Waals surface area (Å²) in [4.78, 5) is 6.82. The molecule has 0 spiro atoms. The van der Waals surface area contributed by atoms with E-state index in [4.69, 9.17) is 9.47 Å². The molecule has 1 aromatic heterocycles. The maximum atomic E-state index is 5.47. The summed E-state index contributed by atoms with van der Waals surface area (Å²) in [5.74, 6) is 1.51. The van der Waals surface area contributed by atoms with Crippen LogP contribution in [0.1, 0.15) is 0 Å². The summed E-state index contributed by atoms with van der Waals surface area (Å²) in [6, 6.07) is 20.1. The van der Waals surface area contributed by atoms with Gasteiger partial charge in [-0.15, -0.1) is 0 Å². The van der Waals surface area contributed by atoms with E-state index in [2.05, 4.69) is 23.2 Å². The zero-order chi connectivity index (χ0) is 16.1. The zero-order valence-corrected chi connectivity index (χ0v) is 13.8. The van der Waals surface area contributed by atoms with Gasteiger partial charge in [-0.2, -0.15) is 0 Å². The monoisotopic (exact) mass is 323 g/mol. The molecule has 0 aliphatic rings. The summed E-state index contributed by atoms with van der Waals surface area (Å²) in [5, 5.41) is 0. The normalized spacial score (nSPS) is 10.3. The first-order valence-electron chi connectivity index (χ1n) is 7.21. The highest BCUT2D eigenvalue weighted by atomic mass is 32.2. The first-order valence-corrected chi connectivity index (χ1v) is 8.03. The van der Waals surface area contributed by atoms with E-state index in [1.165, 1.54) is 4.90 Å². The number of methoxy groups -OCH3 is 2. The second kappa shape index (κ2) is 7.20. The van der Waals surface area contributed by atoms with Crippen LogP contribution in [0.5, 0.6) is 11.5 Å². The molecule has 0 aliphatic carbocycles. The van der Waals surface area contributed by atoms with Crippen molar-refractivity contribution in [3.05, 3.63) is 66.9 Å². The molecule has 116 valence electrons. The van der Waals surface area contributed by atoms with Crippen LogP contribution >= 0.6 is 11.8 Å². The Bertz CT molecular complexity index is 790. The number of hydrogen-bond donors (Lipinski definition) is 0. The topological polar surface area (TPSA) is 31.4 Å². The lowest BCUT2D eigenvalue weighted by Gasteiger charge is -2.11. The van der Waals surface area contributed by atoms with Gasteiger partial charge in [-0.25, -0.2) is 0 Å². The number of benzene rings is 2. The summed E-state index contributed by atoms with van der Waals surface area (Å²) in [6.45, 7) is 0. The molecule has 0 saturated heterocycles. The molecule has 4 heteroatoms. The van der Waals surface area contributed by atoms with E-state index in [1.54, 1.807) is 26.0 Å². The minimum absolute atomic E-state index is 0.749. The summed E-state index contributed by atoms with van der Waals surface area (Å²) >= 11 is 1.71. The van der Waals surface area contributed by atoms with Crippen molar-refractivity contribution in [1.82, 2.24) is 4.98 Å². The fraction of sp³-hybridized carbons (Fsp3) is 0.105. The van der Waals surface area contributed by atoms with Gasteiger partial charge >= 0.3 is 0 Å². The second-order valence-electron chi connectivity index (χ2n) is 4.86. The third-order valence-electron chi connectivity index (χ3n) is 3.39. The lowest BCUT2D eigenvalue weighted by Crippen LogP contribution is -1.92. The molecule has 3 aromatic rings. The Morgan fingerprint density at radius 2 is 1.65 bits per heavy atom. The number of pyridine rings is 1. The van der Waals surface area contributed by atoms with Crippen LogP contribution in [-0.4, -0.2) is 19.2 Å². The molecule has 0 saturated carbocycles.